The molecule has 6 nitrogen and oxygen atoms in total. The lowest BCUT2D eigenvalue weighted by Crippen LogP contribution is -2.51. The van der Waals surface area contributed by atoms with Crippen LogP contribution in [0, 0.1) is 5.92 Å². The maximum absolute atomic E-state index is 12.5. The van der Waals surface area contributed by atoms with Gasteiger partial charge in [-0.1, -0.05) is 36.4 Å². The molecule has 1 unspecified atom stereocenters. The van der Waals surface area contributed by atoms with Gasteiger partial charge >= 0.3 is 0 Å². The number of hydrogen-bond acceptors (Lipinski definition) is 3. The van der Waals surface area contributed by atoms with Gasteiger partial charge in [0, 0.05) is 12.7 Å². The Kier molecular flexibility index (Phi) is 4.37. The minimum absolute atomic E-state index is 0.292. The Balaban J connectivity index is 1.67. The Morgan fingerprint density at radius 3 is 2.75 bits per heavy atom. The van der Waals surface area contributed by atoms with Crippen molar-refractivity contribution in [3.8, 4) is 0 Å². The number of rotatable bonds is 4. The maximum atomic E-state index is 12.5. The number of fused-ring (bicyclic) bond motifs is 1. The Morgan fingerprint density at radius 2 is 2.00 bits per heavy atom. The van der Waals surface area contributed by atoms with Crippen molar-refractivity contribution < 1.29 is 14.4 Å². The summed E-state index contributed by atoms with van der Waals surface area (Å²) >= 11 is 0. The van der Waals surface area contributed by atoms with Crippen LogP contribution in [0.4, 0.5) is 0 Å². The maximum Gasteiger partial charge on any atom is 0.269 e. The van der Waals surface area contributed by atoms with E-state index in [1.54, 1.807) is 19.1 Å². The number of amidine groups is 1. The summed E-state index contributed by atoms with van der Waals surface area (Å²) in [5, 5.41) is 2.65. The van der Waals surface area contributed by atoms with E-state index in [0.29, 0.717) is 24.4 Å². The van der Waals surface area contributed by atoms with E-state index in [-0.39, 0.29) is 0 Å². The second kappa shape index (κ2) is 6.62. The highest BCUT2D eigenvalue weighted by Gasteiger charge is 2.42. The summed E-state index contributed by atoms with van der Waals surface area (Å²) < 4.78 is 0. The molecule has 0 bridgehead atoms. The molecule has 1 aromatic carbocycles. The SMILES string of the molecule is CC1=CC=CN2C(=O)C(C(=O)NCCc3ccccc3)C(=O)N=C12. The highest BCUT2D eigenvalue weighted by Crippen LogP contribution is 2.20. The molecule has 0 aliphatic carbocycles. The Labute approximate surface area is 139 Å². The van der Waals surface area contributed by atoms with E-state index in [2.05, 4.69) is 10.3 Å². The van der Waals surface area contributed by atoms with Crippen LogP contribution in [0.2, 0.25) is 0 Å². The molecule has 24 heavy (non-hydrogen) atoms. The van der Waals surface area contributed by atoms with Crippen molar-refractivity contribution in [1.82, 2.24) is 10.2 Å². The molecule has 2 aliphatic rings. The second-order valence-corrected chi connectivity index (χ2v) is 5.63. The van der Waals surface area contributed by atoms with Gasteiger partial charge in [0.1, 0.15) is 5.84 Å². The Hall–Kier alpha value is -3.02. The summed E-state index contributed by atoms with van der Waals surface area (Å²) in [4.78, 5) is 42.1. The molecule has 1 N–H and O–H groups in total. The molecule has 3 amide bonds. The topological polar surface area (TPSA) is 78.8 Å². The van der Waals surface area contributed by atoms with E-state index in [1.165, 1.54) is 11.1 Å². The molecule has 6 heteroatoms. The molecule has 0 saturated heterocycles. The van der Waals surface area contributed by atoms with E-state index in [0.717, 1.165) is 5.56 Å². The first-order chi connectivity index (χ1) is 11.6. The number of carbonyl (C=O) groups excluding carboxylic acids is 3. The fourth-order valence-corrected chi connectivity index (χ4v) is 2.64. The first-order valence-corrected chi connectivity index (χ1v) is 7.70. The van der Waals surface area contributed by atoms with Crippen LogP contribution in [-0.2, 0) is 20.8 Å². The first-order valence-electron chi connectivity index (χ1n) is 7.70. The molecule has 122 valence electrons. The molecular formula is C18H17N3O3. The molecule has 3 rings (SSSR count). The summed E-state index contributed by atoms with van der Waals surface area (Å²) in [6.07, 6.45) is 5.59. The molecule has 0 fully saturated rings. The van der Waals surface area contributed by atoms with Gasteiger partial charge in [0.25, 0.3) is 11.8 Å². The summed E-state index contributed by atoms with van der Waals surface area (Å²) in [5.41, 5.74) is 1.78. The standard InChI is InChI=1S/C18H17N3O3/c1-12-6-5-11-21-15(12)20-17(23)14(18(21)24)16(22)19-10-9-13-7-3-2-4-8-13/h2-8,11,14H,9-10H2,1H3,(H,19,22). The molecule has 0 saturated carbocycles. The van der Waals surface area contributed by atoms with Crippen molar-refractivity contribution in [2.24, 2.45) is 10.9 Å². The van der Waals surface area contributed by atoms with Crippen molar-refractivity contribution in [2.45, 2.75) is 13.3 Å². The zero-order valence-electron chi connectivity index (χ0n) is 13.2. The monoisotopic (exact) mass is 323 g/mol. The molecule has 1 aromatic rings. The number of carbonyl (C=O) groups is 3. The van der Waals surface area contributed by atoms with E-state index < -0.39 is 23.6 Å². The molecule has 2 heterocycles. The normalized spacial score (nSPS) is 19.5. The van der Waals surface area contributed by atoms with Crippen LogP contribution in [0.3, 0.4) is 0 Å². The minimum atomic E-state index is -1.42. The van der Waals surface area contributed by atoms with Gasteiger partial charge in [-0.15, -0.1) is 0 Å². The van der Waals surface area contributed by atoms with Crippen LogP contribution in [0.1, 0.15) is 12.5 Å². The van der Waals surface area contributed by atoms with Crippen LogP contribution >= 0.6 is 0 Å². The molecule has 2 aliphatic heterocycles. The van der Waals surface area contributed by atoms with Gasteiger partial charge in [0.15, 0.2) is 5.92 Å². The van der Waals surface area contributed by atoms with Crippen molar-refractivity contribution in [2.75, 3.05) is 6.54 Å². The third-order valence-corrected chi connectivity index (χ3v) is 3.93. The van der Waals surface area contributed by atoms with Gasteiger partial charge in [-0.05, 0) is 30.6 Å². The fourth-order valence-electron chi connectivity index (χ4n) is 2.64. The highest BCUT2D eigenvalue weighted by molar-refractivity contribution is 6.28. The number of nitrogens with zero attached hydrogens (tertiary/aromatic N) is 2. The van der Waals surface area contributed by atoms with E-state index in [1.807, 2.05) is 30.3 Å². The highest BCUT2D eigenvalue weighted by atomic mass is 16.2. The van der Waals surface area contributed by atoms with Crippen molar-refractivity contribution in [3.05, 3.63) is 59.8 Å². The predicted octanol–water partition coefficient (Wildman–Crippen LogP) is 1.20. The lowest BCUT2D eigenvalue weighted by Gasteiger charge is -2.29. The van der Waals surface area contributed by atoms with Crippen molar-refractivity contribution in [1.29, 1.82) is 0 Å². The average Bonchev–Trinajstić information content (AvgIpc) is 2.57. The zero-order chi connectivity index (χ0) is 17.1. The van der Waals surface area contributed by atoms with Gasteiger partial charge < -0.3 is 5.32 Å². The van der Waals surface area contributed by atoms with Crippen molar-refractivity contribution in [3.63, 3.8) is 0 Å². The number of nitrogens with one attached hydrogen (secondary N) is 1. The van der Waals surface area contributed by atoms with E-state index >= 15 is 0 Å². The lowest BCUT2D eigenvalue weighted by molar-refractivity contribution is -0.144. The van der Waals surface area contributed by atoms with E-state index in [9.17, 15) is 14.4 Å². The van der Waals surface area contributed by atoms with Gasteiger partial charge in [-0.25, -0.2) is 0 Å². The lowest BCUT2D eigenvalue weighted by atomic mass is 10.0. The number of amides is 3. The fraction of sp³-hybridized carbons (Fsp3) is 0.222. The Morgan fingerprint density at radius 1 is 1.25 bits per heavy atom. The van der Waals surface area contributed by atoms with E-state index in [4.69, 9.17) is 0 Å². The third-order valence-electron chi connectivity index (χ3n) is 3.93. The molecule has 0 aromatic heterocycles. The Bertz CT molecular complexity index is 778. The number of allylic oxidation sites excluding steroid dienone is 2. The molecule has 0 radical (unpaired) electrons. The van der Waals surface area contributed by atoms with Crippen molar-refractivity contribution >= 4 is 23.6 Å². The average molecular weight is 323 g/mol. The van der Waals surface area contributed by atoms with Crippen LogP contribution in [0.5, 0.6) is 0 Å². The van der Waals surface area contributed by atoms with Crippen LogP contribution in [-0.4, -0.2) is 35.0 Å². The first kappa shape index (κ1) is 15.9. The number of hydrogen-bond donors (Lipinski definition) is 1. The largest absolute Gasteiger partial charge is 0.355 e. The summed E-state index contributed by atoms with van der Waals surface area (Å²) in [7, 11) is 0. The van der Waals surface area contributed by atoms with Gasteiger partial charge in [-0.3, -0.25) is 19.3 Å². The zero-order valence-corrected chi connectivity index (χ0v) is 13.2. The summed E-state index contributed by atoms with van der Waals surface area (Å²) in [6.45, 7) is 2.11. The van der Waals surface area contributed by atoms with Crippen LogP contribution < -0.4 is 5.32 Å². The summed E-state index contributed by atoms with van der Waals surface area (Å²) in [6, 6.07) is 9.65. The number of aliphatic imine (C=N–C) groups is 1. The molecule has 1 atom stereocenters. The predicted molar refractivity (Wildman–Crippen MR) is 88.8 cm³/mol. The van der Waals surface area contributed by atoms with Gasteiger partial charge in [-0.2, -0.15) is 4.99 Å². The molecule has 0 spiro atoms. The van der Waals surface area contributed by atoms with Crippen LogP contribution in [0.25, 0.3) is 0 Å². The van der Waals surface area contributed by atoms with Gasteiger partial charge in [0.2, 0.25) is 5.91 Å². The van der Waals surface area contributed by atoms with Gasteiger partial charge in [0.05, 0.1) is 0 Å². The quantitative estimate of drug-likeness (QED) is 0.846. The number of benzene rings is 1. The smallest absolute Gasteiger partial charge is 0.269 e. The third kappa shape index (κ3) is 3.03. The summed E-state index contributed by atoms with van der Waals surface area (Å²) in [5.74, 6) is -3.01. The molecular weight excluding hydrogens is 306 g/mol. The second-order valence-electron chi connectivity index (χ2n) is 5.63. The minimum Gasteiger partial charge on any atom is -0.355 e. The van der Waals surface area contributed by atoms with Crippen LogP contribution in [0.15, 0.2) is 59.2 Å².